The summed E-state index contributed by atoms with van der Waals surface area (Å²) >= 11 is 0. The van der Waals surface area contributed by atoms with Crippen LogP contribution in [0.25, 0.3) is 0 Å². The number of aliphatic hydroxyl groups is 2. The standard InChI is InChI=1S/C15H22O4/c1-8(2)10-5-6-15(4,18)12(10)7-11-9(3)13(16)19-14(11)17/h10,12-13,16,18H,1,5-7H2,2-4H3. The van der Waals surface area contributed by atoms with Crippen LogP contribution in [0.2, 0.25) is 0 Å². The summed E-state index contributed by atoms with van der Waals surface area (Å²) < 4.78 is 4.80. The fourth-order valence-electron chi connectivity index (χ4n) is 3.25. The van der Waals surface area contributed by atoms with Crippen molar-refractivity contribution >= 4 is 5.97 Å². The maximum atomic E-state index is 11.7. The zero-order valence-electron chi connectivity index (χ0n) is 11.8. The molecule has 2 N–H and O–H groups in total. The average Bonchev–Trinajstić information content (AvgIpc) is 2.71. The number of cyclic esters (lactones) is 1. The summed E-state index contributed by atoms with van der Waals surface area (Å²) in [6, 6.07) is 0. The van der Waals surface area contributed by atoms with E-state index in [1.54, 1.807) is 6.92 Å². The highest BCUT2D eigenvalue weighted by Gasteiger charge is 2.46. The third-order valence-corrected chi connectivity index (χ3v) is 4.61. The molecule has 0 amide bonds. The predicted molar refractivity (Wildman–Crippen MR) is 71.1 cm³/mol. The maximum absolute atomic E-state index is 11.7. The molecule has 0 spiro atoms. The van der Waals surface area contributed by atoms with E-state index in [1.807, 2.05) is 13.8 Å². The molecule has 0 saturated heterocycles. The number of esters is 1. The number of allylic oxidation sites excluding steroid dienone is 1. The molecule has 1 fully saturated rings. The molecule has 0 aromatic carbocycles. The second-order valence-corrected chi connectivity index (χ2v) is 6.08. The van der Waals surface area contributed by atoms with Crippen molar-refractivity contribution in [2.45, 2.75) is 51.9 Å². The quantitative estimate of drug-likeness (QED) is 0.605. The van der Waals surface area contributed by atoms with Gasteiger partial charge in [0.1, 0.15) is 0 Å². The van der Waals surface area contributed by atoms with Crippen LogP contribution in [0.3, 0.4) is 0 Å². The van der Waals surface area contributed by atoms with Crippen LogP contribution >= 0.6 is 0 Å². The molecule has 106 valence electrons. The molecule has 2 rings (SSSR count). The van der Waals surface area contributed by atoms with E-state index in [4.69, 9.17) is 4.74 Å². The Kier molecular flexibility index (Phi) is 3.58. The molecule has 1 heterocycles. The molecule has 4 atom stereocenters. The highest BCUT2D eigenvalue weighted by atomic mass is 16.6. The fraction of sp³-hybridized carbons (Fsp3) is 0.667. The molecule has 4 nitrogen and oxygen atoms in total. The molecule has 0 aromatic heterocycles. The minimum absolute atomic E-state index is 0.0483. The lowest BCUT2D eigenvalue weighted by atomic mass is 9.79. The van der Waals surface area contributed by atoms with Crippen LogP contribution in [-0.4, -0.2) is 28.1 Å². The second kappa shape index (κ2) is 4.76. The number of carbonyl (C=O) groups is 1. The Labute approximate surface area is 113 Å². The van der Waals surface area contributed by atoms with Crippen molar-refractivity contribution in [1.29, 1.82) is 0 Å². The van der Waals surface area contributed by atoms with Gasteiger partial charge in [-0.15, -0.1) is 0 Å². The molecular weight excluding hydrogens is 244 g/mol. The highest BCUT2D eigenvalue weighted by molar-refractivity contribution is 5.92. The van der Waals surface area contributed by atoms with E-state index >= 15 is 0 Å². The summed E-state index contributed by atoms with van der Waals surface area (Å²) in [4.78, 5) is 11.7. The van der Waals surface area contributed by atoms with Gasteiger partial charge in [0.25, 0.3) is 0 Å². The highest BCUT2D eigenvalue weighted by Crippen LogP contribution is 2.47. The van der Waals surface area contributed by atoms with Crippen molar-refractivity contribution in [3.05, 3.63) is 23.3 Å². The molecule has 4 heteroatoms. The van der Waals surface area contributed by atoms with Gasteiger partial charge in [-0.25, -0.2) is 4.79 Å². The third-order valence-electron chi connectivity index (χ3n) is 4.61. The number of aliphatic hydroxyl groups excluding tert-OH is 1. The first kappa shape index (κ1) is 14.3. The van der Waals surface area contributed by atoms with Crippen molar-refractivity contribution in [2.75, 3.05) is 0 Å². The Morgan fingerprint density at radius 2 is 2.21 bits per heavy atom. The fourth-order valence-corrected chi connectivity index (χ4v) is 3.25. The molecule has 0 aromatic rings. The first-order chi connectivity index (χ1) is 8.74. The smallest absolute Gasteiger partial charge is 0.336 e. The molecule has 4 unspecified atom stereocenters. The van der Waals surface area contributed by atoms with Crippen LogP contribution in [0.5, 0.6) is 0 Å². The molecule has 1 aliphatic heterocycles. The zero-order valence-corrected chi connectivity index (χ0v) is 11.8. The topological polar surface area (TPSA) is 66.8 Å². The number of ether oxygens (including phenoxy) is 1. The minimum atomic E-state index is -1.13. The van der Waals surface area contributed by atoms with Gasteiger partial charge in [-0.3, -0.25) is 0 Å². The predicted octanol–water partition coefficient (Wildman–Crippen LogP) is 1.92. The van der Waals surface area contributed by atoms with Crippen molar-refractivity contribution in [3.63, 3.8) is 0 Å². The molecule has 1 aliphatic carbocycles. The van der Waals surface area contributed by atoms with E-state index in [1.165, 1.54) is 0 Å². The van der Waals surface area contributed by atoms with Gasteiger partial charge in [-0.1, -0.05) is 12.2 Å². The van der Waals surface area contributed by atoms with Crippen LogP contribution in [0.15, 0.2) is 23.3 Å². The number of carbonyl (C=O) groups excluding carboxylic acids is 1. The SMILES string of the molecule is C=C(C)C1CCC(C)(O)C1CC1=C(C)C(O)OC1=O. The van der Waals surface area contributed by atoms with Gasteiger partial charge in [-0.05, 0) is 51.9 Å². The molecule has 2 aliphatic rings. The Hall–Kier alpha value is -1.13. The molecule has 0 radical (unpaired) electrons. The largest absolute Gasteiger partial charge is 0.428 e. The monoisotopic (exact) mass is 266 g/mol. The van der Waals surface area contributed by atoms with Crippen LogP contribution in [0.4, 0.5) is 0 Å². The Balaban J connectivity index is 2.25. The van der Waals surface area contributed by atoms with Gasteiger partial charge in [0.05, 0.1) is 5.60 Å². The lowest BCUT2D eigenvalue weighted by molar-refractivity contribution is -0.152. The molecule has 19 heavy (non-hydrogen) atoms. The third kappa shape index (κ3) is 2.47. The van der Waals surface area contributed by atoms with Gasteiger partial charge in [0.15, 0.2) is 0 Å². The van der Waals surface area contributed by atoms with Gasteiger partial charge in [-0.2, -0.15) is 0 Å². The van der Waals surface area contributed by atoms with Crippen LogP contribution in [-0.2, 0) is 9.53 Å². The van der Waals surface area contributed by atoms with Gasteiger partial charge >= 0.3 is 5.97 Å². The average molecular weight is 266 g/mol. The van der Waals surface area contributed by atoms with E-state index in [2.05, 4.69) is 6.58 Å². The van der Waals surface area contributed by atoms with Crippen molar-refractivity contribution in [2.24, 2.45) is 11.8 Å². The normalized spacial score (nSPS) is 38.8. The van der Waals surface area contributed by atoms with Crippen LogP contribution in [0, 0.1) is 11.8 Å². The number of rotatable bonds is 3. The Bertz CT molecular complexity index is 447. The van der Waals surface area contributed by atoms with E-state index in [0.29, 0.717) is 24.0 Å². The molecule has 1 saturated carbocycles. The number of hydrogen-bond acceptors (Lipinski definition) is 4. The first-order valence-electron chi connectivity index (χ1n) is 6.70. The maximum Gasteiger partial charge on any atom is 0.336 e. The Morgan fingerprint density at radius 1 is 1.58 bits per heavy atom. The minimum Gasteiger partial charge on any atom is -0.428 e. The van der Waals surface area contributed by atoms with Crippen molar-refractivity contribution in [1.82, 2.24) is 0 Å². The van der Waals surface area contributed by atoms with Gasteiger partial charge < -0.3 is 14.9 Å². The zero-order chi connectivity index (χ0) is 14.4. The van der Waals surface area contributed by atoms with Gasteiger partial charge in [0, 0.05) is 11.1 Å². The number of hydrogen-bond donors (Lipinski definition) is 2. The first-order valence-corrected chi connectivity index (χ1v) is 6.70. The van der Waals surface area contributed by atoms with E-state index in [0.717, 1.165) is 12.0 Å². The van der Waals surface area contributed by atoms with E-state index in [-0.39, 0.29) is 11.8 Å². The Morgan fingerprint density at radius 3 is 2.68 bits per heavy atom. The van der Waals surface area contributed by atoms with Gasteiger partial charge in [0.2, 0.25) is 6.29 Å². The summed E-state index contributed by atoms with van der Waals surface area (Å²) in [5.74, 6) is -0.304. The summed E-state index contributed by atoms with van der Waals surface area (Å²) in [6.45, 7) is 9.46. The van der Waals surface area contributed by atoms with Crippen molar-refractivity contribution in [3.8, 4) is 0 Å². The second-order valence-electron chi connectivity index (χ2n) is 6.08. The summed E-state index contributed by atoms with van der Waals surface area (Å²) in [7, 11) is 0. The molecule has 0 bridgehead atoms. The van der Waals surface area contributed by atoms with Crippen LogP contribution < -0.4 is 0 Å². The lowest BCUT2D eigenvalue weighted by Gasteiger charge is -2.30. The van der Waals surface area contributed by atoms with E-state index < -0.39 is 17.9 Å². The van der Waals surface area contributed by atoms with Crippen molar-refractivity contribution < 1.29 is 19.7 Å². The van der Waals surface area contributed by atoms with Crippen LogP contribution in [0.1, 0.15) is 40.0 Å². The lowest BCUT2D eigenvalue weighted by Crippen LogP contribution is -2.33. The summed E-state index contributed by atoms with van der Waals surface area (Å²) in [6.07, 6.45) is 0.902. The van der Waals surface area contributed by atoms with E-state index in [9.17, 15) is 15.0 Å². The summed E-state index contributed by atoms with van der Waals surface area (Å²) in [5, 5.41) is 20.0. The summed E-state index contributed by atoms with van der Waals surface area (Å²) in [5.41, 5.74) is 1.30. The molecular formula is C15H22O4.